The molecule has 2 atom stereocenters. The summed E-state index contributed by atoms with van der Waals surface area (Å²) >= 11 is 0. The number of amides is 1. The molecule has 1 rings (SSSR count). The Morgan fingerprint density at radius 1 is 1.38 bits per heavy atom. The number of rotatable bonds is 5. The number of nitrogens with one attached hydrogen (secondary N) is 1. The average Bonchev–Trinajstić information content (AvgIpc) is 2.37. The largest absolute Gasteiger partial charge is 0.444 e. The molecular formula is C15H23FN2O3. The minimum Gasteiger partial charge on any atom is -0.444 e. The standard InChI is InChI=1S/C15H23FN2O3/c1-15(2,3)21-14(20)18-12(13(19)9-17)8-10-4-6-11(16)7-5-10/h4-7,12-13,19H,8-9,17H2,1-3H3,(H,18,20). The van der Waals surface area contributed by atoms with Gasteiger partial charge in [-0.1, -0.05) is 12.1 Å². The number of aliphatic hydroxyl groups excluding tert-OH is 1. The molecule has 118 valence electrons. The van der Waals surface area contributed by atoms with Crippen molar-refractivity contribution in [3.63, 3.8) is 0 Å². The highest BCUT2D eigenvalue weighted by molar-refractivity contribution is 5.68. The third-order valence-corrected chi connectivity index (χ3v) is 2.78. The Morgan fingerprint density at radius 3 is 2.43 bits per heavy atom. The molecule has 0 bridgehead atoms. The topological polar surface area (TPSA) is 84.6 Å². The number of alkyl carbamates (subject to hydrolysis) is 1. The van der Waals surface area contributed by atoms with Crippen LogP contribution in [0.3, 0.4) is 0 Å². The Kier molecular flexibility index (Phi) is 6.11. The summed E-state index contributed by atoms with van der Waals surface area (Å²) in [6.07, 6.45) is -1.21. The second kappa shape index (κ2) is 7.38. The molecule has 0 aliphatic heterocycles. The van der Waals surface area contributed by atoms with Crippen LogP contribution < -0.4 is 11.1 Å². The molecule has 0 saturated carbocycles. The van der Waals surface area contributed by atoms with Crippen molar-refractivity contribution in [3.8, 4) is 0 Å². The molecule has 2 unspecified atom stereocenters. The lowest BCUT2D eigenvalue weighted by Gasteiger charge is -2.26. The van der Waals surface area contributed by atoms with Crippen molar-refractivity contribution in [1.29, 1.82) is 0 Å². The monoisotopic (exact) mass is 298 g/mol. The van der Waals surface area contributed by atoms with Crippen LogP contribution in [0.1, 0.15) is 26.3 Å². The van der Waals surface area contributed by atoms with Crippen molar-refractivity contribution < 1.29 is 19.0 Å². The molecule has 6 heteroatoms. The molecule has 0 heterocycles. The Hall–Kier alpha value is -1.66. The number of carbonyl (C=O) groups excluding carboxylic acids is 1. The van der Waals surface area contributed by atoms with E-state index in [9.17, 15) is 14.3 Å². The number of ether oxygens (including phenoxy) is 1. The zero-order valence-electron chi connectivity index (χ0n) is 12.6. The van der Waals surface area contributed by atoms with Gasteiger partial charge in [0.15, 0.2) is 0 Å². The smallest absolute Gasteiger partial charge is 0.407 e. The minimum atomic E-state index is -0.914. The fourth-order valence-corrected chi connectivity index (χ4v) is 1.78. The lowest BCUT2D eigenvalue weighted by Crippen LogP contribution is -2.49. The van der Waals surface area contributed by atoms with Gasteiger partial charge in [0.25, 0.3) is 0 Å². The van der Waals surface area contributed by atoms with E-state index >= 15 is 0 Å². The summed E-state index contributed by atoms with van der Waals surface area (Å²) in [5, 5.41) is 12.5. The van der Waals surface area contributed by atoms with E-state index in [0.717, 1.165) is 5.56 Å². The van der Waals surface area contributed by atoms with Crippen LogP contribution in [0, 0.1) is 5.82 Å². The van der Waals surface area contributed by atoms with E-state index in [2.05, 4.69) is 5.32 Å². The van der Waals surface area contributed by atoms with Gasteiger partial charge in [-0.2, -0.15) is 0 Å². The molecule has 0 aliphatic carbocycles. The van der Waals surface area contributed by atoms with Crippen LogP contribution in [0.15, 0.2) is 24.3 Å². The van der Waals surface area contributed by atoms with E-state index < -0.39 is 23.8 Å². The van der Waals surface area contributed by atoms with Gasteiger partial charge in [0, 0.05) is 6.54 Å². The van der Waals surface area contributed by atoms with Gasteiger partial charge in [-0.25, -0.2) is 9.18 Å². The zero-order valence-corrected chi connectivity index (χ0v) is 12.6. The molecule has 0 spiro atoms. The summed E-state index contributed by atoms with van der Waals surface area (Å²) in [6, 6.07) is 5.25. The van der Waals surface area contributed by atoms with Gasteiger partial charge in [0.05, 0.1) is 12.1 Å². The highest BCUT2D eigenvalue weighted by Crippen LogP contribution is 2.10. The molecule has 1 amide bonds. The van der Waals surface area contributed by atoms with Gasteiger partial charge < -0.3 is 20.9 Å². The molecule has 1 aromatic carbocycles. The molecule has 5 nitrogen and oxygen atoms in total. The SMILES string of the molecule is CC(C)(C)OC(=O)NC(Cc1ccc(F)cc1)C(O)CN. The predicted molar refractivity (Wildman–Crippen MR) is 78.3 cm³/mol. The molecule has 0 fully saturated rings. The number of halogens is 1. The summed E-state index contributed by atoms with van der Waals surface area (Å²) in [6.45, 7) is 5.25. The quantitative estimate of drug-likeness (QED) is 0.770. The number of benzene rings is 1. The van der Waals surface area contributed by atoms with Gasteiger partial charge in [0.1, 0.15) is 11.4 Å². The lowest BCUT2D eigenvalue weighted by molar-refractivity contribution is 0.0430. The van der Waals surface area contributed by atoms with Gasteiger partial charge >= 0.3 is 6.09 Å². The number of nitrogens with two attached hydrogens (primary N) is 1. The maximum absolute atomic E-state index is 12.9. The van der Waals surface area contributed by atoms with Crippen molar-refractivity contribution in [2.75, 3.05) is 6.54 Å². The first kappa shape index (κ1) is 17.4. The summed E-state index contributed by atoms with van der Waals surface area (Å²) in [5.74, 6) is -0.338. The summed E-state index contributed by atoms with van der Waals surface area (Å²) in [7, 11) is 0. The van der Waals surface area contributed by atoms with E-state index in [1.54, 1.807) is 32.9 Å². The van der Waals surface area contributed by atoms with Crippen LogP contribution in [0.4, 0.5) is 9.18 Å². The van der Waals surface area contributed by atoms with Crippen molar-refractivity contribution in [3.05, 3.63) is 35.6 Å². The van der Waals surface area contributed by atoms with Gasteiger partial charge in [-0.3, -0.25) is 0 Å². The number of hydrogen-bond donors (Lipinski definition) is 3. The van der Waals surface area contributed by atoms with E-state index in [4.69, 9.17) is 10.5 Å². The van der Waals surface area contributed by atoms with Crippen molar-refractivity contribution in [2.24, 2.45) is 5.73 Å². The molecule has 21 heavy (non-hydrogen) atoms. The fraction of sp³-hybridized carbons (Fsp3) is 0.533. The van der Waals surface area contributed by atoms with E-state index in [1.165, 1.54) is 12.1 Å². The van der Waals surface area contributed by atoms with Crippen molar-refractivity contribution in [2.45, 2.75) is 44.9 Å². The highest BCUT2D eigenvalue weighted by atomic mass is 19.1. The van der Waals surface area contributed by atoms with Crippen LogP contribution >= 0.6 is 0 Å². The maximum Gasteiger partial charge on any atom is 0.407 e. The van der Waals surface area contributed by atoms with Crippen molar-refractivity contribution >= 4 is 6.09 Å². The molecule has 0 aliphatic rings. The number of aliphatic hydroxyl groups is 1. The van der Waals surface area contributed by atoms with Gasteiger partial charge in [-0.05, 0) is 44.9 Å². The van der Waals surface area contributed by atoms with E-state index in [-0.39, 0.29) is 12.4 Å². The van der Waals surface area contributed by atoms with Gasteiger partial charge in [-0.15, -0.1) is 0 Å². The first-order valence-corrected chi connectivity index (χ1v) is 6.83. The Balaban J connectivity index is 2.72. The average molecular weight is 298 g/mol. The minimum absolute atomic E-state index is 0.00165. The Morgan fingerprint density at radius 2 is 1.95 bits per heavy atom. The first-order chi connectivity index (χ1) is 9.71. The Bertz CT molecular complexity index is 457. The third kappa shape index (κ3) is 6.55. The van der Waals surface area contributed by atoms with E-state index in [0.29, 0.717) is 6.42 Å². The molecular weight excluding hydrogens is 275 g/mol. The molecule has 0 aromatic heterocycles. The molecule has 0 radical (unpaired) electrons. The van der Waals surface area contributed by atoms with Crippen LogP contribution in [-0.2, 0) is 11.2 Å². The highest BCUT2D eigenvalue weighted by Gasteiger charge is 2.24. The fourth-order valence-electron chi connectivity index (χ4n) is 1.78. The molecule has 0 saturated heterocycles. The van der Waals surface area contributed by atoms with Crippen LogP contribution in [0.2, 0.25) is 0 Å². The lowest BCUT2D eigenvalue weighted by atomic mass is 10.0. The number of hydrogen-bond acceptors (Lipinski definition) is 4. The zero-order chi connectivity index (χ0) is 16.0. The van der Waals surface area contributed by atoms with Gasteiger partial charge in [0.2, 0.25) is 0 Å². The maximum atomic E-state index is 12.9. The second-order valence-corrected chi connectivity index (χ2v) is 5.89. The summed E-state index contributed by atoms with van der Waals surface area (Å²) in [4.78, 5) is 11.8. The summed E-state index contributed by atoms with van der Waals surface area (Å²) < 4.78 is 18.0. The third-order valence-electron chi connectivity index (χ3n) is 2.78. The van der Waals surface area contributed by atoms with Crippen molar-refractivity contribution in [1.82, 2.24) is 5.32 Å². The molecule has 4 N–H and O–H groups in total. The van der Waals surface area contributed by atoms with Crippen LogP contribution in [-0.4, -0.2) is 35.5 Å². The number of carbonyl (C=O) groups is 1. The second-order valence-electron chi connectivity index (χ2n) is 5.89. The molecule has 1 aromatic rings. The van der Waals surface area contributed by atoms with Crippen LogP contribution in [0.5, 0.6) is 0 Å². The first-order valence-electron chi connectivity index (χ1n) is 6.83. The Labute approximate surface area is 124 Å². The predicted octanol–water partition coefficient (Wildman–Crippen LogP) is 1.58. The van der Waals surface area contributed by atoms with Crippen LogP contribution in [0.25, 0.3) is 0 Å². The normalized spacial score (nSPS) is 14.4. The van der Waals surface area contributed by atoms with E-state index in [1.807, 2.05) is 0 Å². The summed E-state index contributed by atoms with van der Waals surface area (Å²) in [5.41, 5.74) is 5.61.